The number of aromatic nitrogens is 2. The lowest BCUT2D eigenvalue weighted by Gasteiger charge is -2.34. The third-order valence-electron chi connectivity index (χ3n) is 5.79. The smallest absolute Gasteiger partial charge is 0.259 e. The van der Waals surface area contributed by atoms with Crippen LogP contribution in [0.3, 0.4) is 0 Å². The van der Waals surface area contributed by atoms with Crippen LogP contribution in [-0.2, 0) is 10.0 Å². The fourth-order valence-electron chi connectivity index (χ4n) is 3.95. The monoisotopic (exact) mass is 469 g/mol. The van der Waals surface area contributed by atoms with E-state index in [4.69, 9.17) is 14.7 Å². The third kappa shape index (κ3) is 4.00. The van der Waals surface area contributed by atoms with E-state index in [-0.39, 0.29) is 22.1 Å². The van der Waals surface area contributed by atoms with E-state index < -0.39 is 10.0 Å². The van der Waals surface area contributed by atoms with Crippen molar-refractivity contribution in [3.8, 4) is 5.75 Å². The molecule has 0 spiro atoms. The molecule has 33 heavy (non-hydrogen) atoms. The lowest BCUT2D eigenvalue weighted by molar-refractivity contribution is 0.0985. The van der Waals surface area contributed by atoms with Crippen LogP contribution in [0.4, 0.5) is 11.6 Å². The van der Waals surface area contributed by atoms with Crippen molar-refractivity contribution in [3.05, 3.63) is 48.0 Å². The molecule has 0 fully saturated rings. The number of hydrogen-bond acceptors (Lipinski definition) is 7. The Kier molecular flexibility index (Phi) is 6.22. The number of nitrogens with zero attached hydrogens (tertiary/aromatic N) is 5. The lowest BCUT2D eigenvalue weighted by atomic mass is 10.1. The van der Waals surface area contributed by atoms with Crippen molar-refractivity contribution in [2.75, 3.05) is 50.1 Å². The highest BCUT2D eigenvalue weighted by Gasteiger charge is 2.31. The van der Waals surface area contributed by atoms with Crippen molar-refractivity contribution in [3.63, 3.8) is 0 Å². The van der Waals surface area contributed by atoms with Crippen molar-refractivity contribution in [2.24, 2.45) is 0 Å². The highest BCUT2D eigenvalue weighted by atomic mass is 32.2. The normalized spacial score (nSPS) is 14.0. The zero-order valence-corrected chi connectivity index (χ0v) is 20.0. The van der Waals surface area contributed by atoms with Crippen LogP contribution in [0.5, 0.6) is 5.75 Å². The predicted octanol–water partition coefficient (Wildman–Crippen LogP) is 2.77. The number of rotatable bonds is 6. The Bertz CT molecular complexity index is 1310. The molecule has 0 atom stereocenters. The van der Waals surface area contributed by atoms with Gasteiger partial charge in [0.05, 0.1) is 18.1 Å². The van der Waals surface area contributed by atoms with E-state index in [1.54, 1.807) is 24.8 Å². The molecule has 1 aliphatic heterocycles. The summed E-state index contributed by atoms with van der Waals surface area (Å²) in [7, 11) is -0.506. The number of para-hydroxylation sites is 2. The van der Waals surface area contributed by atoms with Gasteiger partial charge < -0.3 is 9.64 Å². The van der Waals surface area contributed by atoms with Gasteiger partial charge in [-0.25, -0.2) is 18.4 Å². The standard InChI is InChI=1S/C23H27N5O4S/c1-5-27(6-2)33(30,31)20-15-16(11-12-19(20)32-4)23(29)28-14-13-26(3)21-22(28)25-18-10-8-7-9-17(18)24-21/h7-12,15H,5-6,13-14H2,1-4H3. The highest BCUT2D eigenvalue weighted by molar-refractivity contribution is 7.89. The number of carbonyl (C=O) groups excluding carboxylic acids is 1. The second-order valence-corrected chi connectivity index (χ2v) is 9.60. The minimum Gasteiger partial charge on any atom is -0.495 e. The number of likely N-dealkylation sites (N-methyl/N-ethyl adjacent to an activating group) is 1. The van der Waals surface area contributed by atoms with Gasteiger partial charge in [-0.2, -0.15) is 4.31 Å². The van der Waals surface area contributed by atoms with Gasteiger partial charge in [0.15, 0.2) is 11.6 Å². The molecule has 2 heterocycles. The molecule has 1 aliphatic rings. The first kappa shape index (κ1) is 22.9. The van der Waals surface area contributed by atoms with Gasteiger partial charge in [0.1, 0.15) is 10.6 Å². The number of benzene rings is 2. The third-order valence-corrected chi connectivity index (χ3v) is 7.86. The van der Waals surface area contributed by atoms with Crippen molar-refractivity contribution in [1.29, 1.82) is 0 Å². The molecule has 4 rings (SSSR count). The van der Waals surface area contributed by atoms with Crippen molar-refractivity contribution < 1.29 is 17.9 Å². The summed E-state index contributed by atoms with van der Waals surface area (Å²) >= 11 is 0. The minimum atomic E-state index is -3.83. The van der Waals surface area contributed by atoms with Gasteiger partial charge in [0, 0.05) is 38.8 Å². The molecule has 0 unspecified atom stereocenters. The van der Waals surface area contributed by atoms with Gasteiger partial charge in [-0.05, 0) is 30.3 Å². The number of fused-ring (bicyclic) bond motifs is 2. The van der Waals surface area contributed by atoms with Gasteiger partial charge >= 0.3 is 0 Å². The predicted molar refractivity (Wildman–Crippen MR) is 128 cm³/mol. The largest absolute Gasteiger partial charge is 0.495 e. The summed E-state index contributed by atoms with van der Waals surface area (Å²) in [6.45, 7) is 5.15. The second kappa shape index (κ2) is 8.95. The van der Waals surface area contributed by atoms with Gasteiger partial charge in [0.25, 0.3) is 5.91 Å². The van der Waals surface area contributed by atoms with Crippen LogP contribution >= 0.6 is 0 Å². The average molecular weight is 470 g/mol. The topological polar surface area (TPSA) is 95.9 Å². The zero-order chi connectivity index (χ0) is 23.8. The van der Waals surface area contributed by atoms with Crippen LogP contribution in [0.2, 0.25) is 0 Å². The Hall–Kier alpha value is -3.24. The number of ether oxygens (including phenoxy) is 1. The molecule has 1 amide bonds. The Balaban J connectivity index is 1.80. The summed E-state index contributed by atoms with van der Waals surface area (Å²) < 4.78 is 33.1. The highest BCUT2D eigenvalue weighted by Crippen LogP contribution is 2.33. The van der Waals surface area contributed by atoms with Crippen LogP contribution in [0.1, 0.15) is 24.2 Å². The molecule has 0 saturated carbocycles. The van der Waals surface area contributed by atoms with Crippen LogP contribution in [0.25, 0.3) is 11.0 Å². The maximum atomic E-state index is 13.6. The summed E-state index contributed by atoms with van der Waals surface area (Å²) in [6, 6.07) is 12.0. The van der Waals surface area contributed by atoms with Crippen LogP contribution in [0, 0.1) is 0 Å². The van der Waals surface area contributed by atoms with E-state index in [9.17, 15) is 13.2 Å². The van der Waals surface area contributed by atoms with Crippen LogP contribution in [-0.4, -0.2) is 68.9 Å². The molecule has 0 radical (unpaired) electrons. The Morgan fingerprint density at radius 2 is 1.67 bits per heavy atom. The number of amides is 1. The number of hydrogen-bond donors (Lipinski definition) is 0. The Labute approximate surface area is 193 Å². The van der Waals surface area contributed by atoms with Gasteiger partial charge in [-0.3, -0.25) is 9.69 Å². The number of carbonyl (C=O) groups is 1. The number of sulfonamides is 1. The van der Waals surface area contributed by atoms with Crippen molar-refractivity contribution in [1.82, 2.24) is 14.3 Å². The first-order valence-corrected chi connectivity index (χ1v) is 12.2. The molecule has 2 aromatic carbocycles. The molecule has 0 bridgehead atoms. The average Bonchev–Trinajstić information content (AvgIpc) is 2.83. The minimum absolute atomic E-state index is 0.0292. The molecular formula is C23H27N5O4S. The SMILES string of the molecule is CCN(CC)S(=O)(=O)c1cc(C(=O)N2CCN(C)c3nc4ccccc4nc32)ccc1OC. The molecule has 0 aliphatic carbocycles. The summed E-state index contributed by atoms with van der Waals surface area (Å²) in [5, 5.41) is 0. The maximum Gasteiger partial charge on any atom is 0.259 e. The van der Waals surface area contributed by atoms with Crippen LogP contribution < -0.4 is 14.5 Å². The molecule has 0 N–H and O–H groups in total. The quantitative estimate of drug-likeness (QED) is 0.548. The fourth-order valence-corrected chi connectivity index (χ4v) is 5.59. The van der Waals surface area contributed by atoms with Gasteiger partial charge in [-0.1, -0.05) is 26.0 Å². The summed E-state index contributed by atoms with van der Waals surface area (Å²) in [6.07, 6.45) is 0. The first-order valence-electron chi connectivity index (χ1n) is 10.8. The second-order valence-electron chi connectivity index (χ2n) is 7.69. The van der Waals surface area contributed by atoms with Crippen molar-refractivity contribution in [2.45, 2.75) is 18.7 Å². The van der Waals surface area contributed by atoms with Gasteiger partial charge in [0.2, 0.25) is 10.0 Å². The summed E-state index contributed by atoms with van der Waals surface area (Å²) in [4.78, 5) is 26.5. The molecule has 9 nitrogen and oxygen atoms in total. The van der Waals surface area contributed by atoms with E-state index in [1.165, 1.54) is 23.5 Å². The maximum absolute atomic E-state index is 13.6. The molecular weight excluding hydrogens is 442 g/mol. The lowest BCUT2D eigenvalue weighted by Crippen LogP contribution is -2.44. The van der Waals surface area contributed by atoms with Crippen molar-refractivity contribution >= 4 is 38.6 Å². The summed E-state index contributed by atoms with van der Waals surface area (Å²) in [5.41, 5.74) is 1.67. The first-order chi connectivity index (χ1) is 15.8. The van der Waals surface area contributed by atoms with E-state index >= 15 is 0 Å². The van der Waals surface area contributed by atoms with Crippen LogP contribution in [0.15, 0.2) is 47.4 Å². The van der Waals surface area contributed by atoms with E-state index in [1.807, 2.05) is 36.2 Å². The van der Waals surface area contributed by atoms with E-state index in [0.717, 1.165) is 5.52 Å². The molecule has 1 aromatic heterocycles. The summed E-state index contributed by atoms with van der Waals surface area (Å²) in [5.74, 6) is 0.921. The van der Waals surface area contributed by atoms with E-state index in [2.05, 4.69) is 0 Å². The van der Waals surface area contributed by atoms with E-state index in [0.29, 0.717) is 43.3 Å². The molecule has 3 aromatic rings. The molecule has 0 saturated heterocycles. The fraction of sp³-hybridized carbons (Fsp3) is 0.348. The van der Waals surface area contributed by atoms with Gasteiger partial charge in [-0.15, -0.1) is 0 Å². The number of methoxy groups -OCH3 is 1. The Morgan fingerprint density at radius 3 is 2.27 bits per heavy atom. The number of anilines is 2. The zero-order valence-electron chi connectivity index (χ0n) is 19.1. The molecule has 10 heteroatoms. The molecule has 174 valence electrons. The Morgan fingerprint density at radius 1 is 1.03 bits per heavy atom.